The van der Waals surface area contributed by atoms with Crippen LogP contribution in [0.1, 0.15) is 31.3 Å². The summed E-state index contributed by atoms with van der Waals surface area (Å²) in [6.07, 6.45) is 0. The van der Waals surface area contributed by atoms with E-state index >= 15 is 0 Å². The second kappa shape index (κ2) is 6.15. The van der Waals surface area contributed by atoms with E-state index in [2.05, 4.69) is 41.0 Å². The van der Waals surface area contributed by atoms with E-state index in [1.54, 1.807) is 0 Å². The molecule has 1 aromatic rings. The first-order valence-corrected chi connectivity index (χ1v) is 6.11. The van der Waals surface area contributed by atoms with Crippen LogP contribution in [0, 0.1) is 6.92 Å². The fourth-order valence-corrected chi connectivity index (χ4v) is 1.75. The van der Waals surface area contributed by atoms with Crippen molar-refractivity contribution in [3.05, 3.63) is 10.6 Å². The highest BCUT2D eigenvalue weighted by molar-refractivity contribution is 7.05. The molecule has 0 fully saturated rings. The number of hydrogen-bond acceptors (Lipinski definition) is 5. The zero-order valence-electron chi connectivity index (χ0n) is 9.87. The van der Waals surface area contributed by atoms with Gasteiger partial charge in [0.2, 0.25) is 0 Å². The van der Waals surface area contributed by atoms with Gasteiger partial charge < -0.3 is 10.6 Å². The second-order valence-corrected chi connectivity index (χ2v) is 4.97. The molecule has 0 radical (unpaired) electrons. The van der Waals surface area contributed by atoms with Gasteiger partial charge in [-0.2, -0.15) is 0 Å². The summed E-state index contributed by atoms with van der Waals surface area (Å²) in [6, 6.07) is 1.01. The van der Waals surface area contributed by atoms with Crippen molar-refractivity contribution in [2.24, 2.45) is 0 Å². The molecule has 0 amide bonds. The number of nitrogens with one attached hydrogen (secondary N) is 2. The van der Waals surface area contributed by atoms with Gasteiger partial charge in [0.05, 0.1) is 10.6 Å². The molecule has 0 saturated carbocycles. The Morgan fingerprint density at radius 3 is 2.53 bits per heavy atom. The van der Waals surface area contributed by atoms with Crippen LogP contribution in [0.4, 0.5) is 0 Å². The number of aryl methyl sites for hydroxylation is 1. The fraction of sp³-hybridized carbons (Fsp3) is 0.800. The Kier molecular flexibility index (Phi) is 5.14. The first kappa shape index (κ1) is 12.5. The van der Waals surface area contributed by atoms with Gasteiger partial charge in [0, 0.05) is 25.2 Å². The third kappa shape index (κ3) is 4.68. The average molecular weight is 228 g/mol. The van der Waals surface area contributed by atoms with Crippen molar-refractivity contribution in [1.29, 1.82) is 0 Å². The Balaban J connectivity index is 2.22. The van der Waals surface area contributed by atoms with Crippen LogP contribution >= 0.6 is 11.5 Å². The fourth-order valence-electron chi connectivity index (χ4n) is 1.16. The summed E-state index contributed by atoms with van der Waals surface area (Å²) in [5.74, 6) is 0. The summed E-state index contributed by atoms with van der Waals surface area (Å²) >= 11 is 1.47. The monoisotopic (exact) mass is 228 g/mol. The van der Waals surface area contributed by atoms with Crippen molar-refractivity contribution in [3.8, 4) is 0 Å². The third-order valence-corrected chi connectivity index (χ3v) is 3.01. The molecule has 0 aliphatic carbocycles. The molecule has 4 nitrogen and oxygen atoms in total. The lowest BCUT2D eigenvalue weighted by Gasteiger charge is -2.15. The molecular formula is C10H20N4S. The average Bonchev–Trinajstić information content (AvgIpc) is 2.58. The van der Waals surface area contributed by atoms with Crippen LogP contribution in [0.3, 0.4) is 0 Å². The molecule has 2 N–H and O–H groups in total. The number of hydrogen-bond donors (Lipinski definition) is 2. The molecule has 5 heteroatoms. The van der Waals surface area contributed by atoms with E-state index < -0.39 is 0 Å². The maximum atomic E-state index is 3.98. The predicted molar refractivity (Wildman–Crippen MR) is 64.1 cm³/mol. The molecule has 86 valence electrons. The lowest BCUT2D eigenvalue weighted by atomic mass is 10.3. The SMILES string of the molecule is Cc1nnsc1CNC(C)CNC(C)C. The van der Waals surface area contributed by atoms with E-state index in [-0.39, 0.29) is 0 Å². The Bertz CT molecular complexity index is 285. The number of nitrogens with zero attached hydrogens (tertiary/aromatic N) is 2. The van der Waals surface area contributed by atoms with Crippen molar-refractivity contribution >= 4 is 11.5 Å². The van der Waals surface area contributed by atoms with Crippen LogP contribution in [0.5, 0.6) is 0 Å². The summed E-state index contributed by atoms with van der Waals surface area (Å²) in [4.78, 5) is 1.23. The molecule has 0 saturated heterocycles. The maximum Gasteiger partial charge on any atom is 0.0769 e. The van der Waals surface area contributed by atoms with Gasteiger partial charge in [0.25, 0.3) is 0 Å². The number of rotatable bonds is 6. The molecule has 1 atom stereocenters. The van der Waals surface area contributed by atoms with Gasteiger partial charge in [-0.1, -0.05) is 18.3 Å². The Morgan fingerprint density at radius 2 is 2.00 bits per heavy atom. The maximum absolute atomic E-state index is 3.98. The Morgan fingerprint density at radius 1 is 1.27 bits per heavy atom. The predicted octanol–water partition coefficient (Wildman–Crippen LogP) is 1.32. The minimum atomic E-state index is 0.467. The van der Waals surface area contributed by atoms with Crippen LogP contribution in [-0.2, 0) is 6.54 Å². The van der Waals surface area contributed by atoms with Crippen LogP contribution in [0.2, 0.25) is 0 Å². The van der Waals surface area contributed by atoms with Crippen molar-refractivity contribution in [2.75, 3.05) is 6.54 Å². The van der Waals surface area contributed by atoms with E-state index in [4.69, 9.17) is 0 Å². The normalized spacial score (nSPS) is 13.4. The molecule has 0 spiro atoms. The van der Waals surface area contributed by atoms with Crippen LogP contribution in [0.25, 0.3) is 0 Å². The van der Waals surface area contributed by atoms with Crippen LogP contribution < -0.4 is 10.6 Å². The van der Waals surface area contributed by atoms with Crippen molar-refractivity contribution in [3.63, 3.8) is 0 Å². The second-order valence-electron chi connectivity index (χ2n) is 4.13. The minimum absolute atomic E-state index is 0.467. The highest BCUT2D eigenvalue weighted by Gasteiger charge is 2.06. The first-order chi connectivity index (χ1) is 7.09. The van der Waals surface area contributed by atoms with E-state index in [0.717, 1.165) is 18.8 Å². The summed E-state index contributed by atoms with van der Waals surface area (Å²) in [5.41, 5.74) is 1.04. The molecular weight excluding hydrogens is 208 g/mol. The molecule has 0 bridgehead atoms. The summed E-state index contributed by atoms with van der Waals surface area (Å²) in [5, 5.41) is 10.8. The van der Waals surface area contributed by atoms with E-state index in [1.165, 1.54) is 16.4 Å². The zero-order chi connectivity index (χ0) is 11.3. The van der Waals surface area contributed by atoms with Gasteiger partial charge in [-0.25, -0.2) is 0 Å². The molecule has 1 aromatic heterocycles. The molecule has 1 unspecified atom stereocenters. The van der Waals surface area contributed by atoms with Gasteiger partial charge >= 0.3 is 0 Å². The summed E-state index contributed by atoms with van der Waals surface area (Å²) < 4.78 is 3.91. The zero-order valence-corrected chi connectivity index (χ0v) is 10.7. The summed E-state index contributed by atoms with van der Waals surface area (Å²) in [7, 11) is 0. The topological polar surface area (TPSA) is 49.8 Å². The molecule has 1 heterocycles. The largest absolute Gasteiger partial charge is 0.313 e. The molecule has 15 heavy (non-hydrogen) atoms. The van der Waals surface area contributed by atoms with Gasteiger partial charge in [-0.05, 0) is 25.4 Å². The van der Waals surface area contributed by atoms with E-state index in [9.17, 15) is 0 Å². The number of aromatic nitrogens is 2. The van der Waals surface area contributed by atoms with Crippen LogP contribution in [-0.4, -0.2) is 28.2 Å². The third-order valence-electron chi connectivity index (χ3n) is 2.19. The quantitative estimate of drug-likeness (QED) is 0.771. The van der Waals surface area contributed by atoms with E-state index in [1.807, 2.05) is 6.92 Å². The summed E-state index contributed by atoms with van der Waals surface area (Å²) in [6.45, 7) is 10.3. The highest BCUT2D eigenvalue weighted by Crippen LogP contribution is 2.08. The van der Waals surface area contributed by atoms with Gasteiger partial charge in [-0.3, -0.25) is 0 Å². The van der Waals surface area contributed by atoms with Crippen LogP contribution in [0.15, 0.2) is 0 Å². The van der Waals surface area contributed by atoms with Crippen molar-refractivity contribution < 1.29 is 0 Å². The standard InChI is InChI=1S/C10H20N4S/c1-7(2)11-5-8(3)12-6-10-9(4)13-14-15-10/h7-8,11-12H,5-6H2,1-4H3. The van der Waals surface area contributed by atoms with Crippen molar-refractivity contribution in [2.45, 2.75) is 46.3 Å². The lowest BCUT2D eigenvalue weighted by molar-refractivity contribution is 0.475. The van der Waals surface area contributed by atoms with Gasteiger partial charge in [0.15, 0.2) is 0 Å². The Labute approximate surface area is 95.6 Å². The van der Waals surface area contributed by atoms with Gasteiger partial charge in [0.1, 0.15) is 0 Å². The molecule has 0 aliphatic heterocycles. The minimum Gasteiger partial charge on any atom is -0.313 e. The lowest BCUT2D eigenvalue weighted by Crippen LogP contribution is -2.38. The smallest absolute Gasteiger partial charge is 0.0769 e. The van der Waals surface area contributed by atoms with Crippen molar-refractivity contribution in [1.82, 2.24) is 20.2 Å². The van der Waals surface area contributed by atoms with E-state index in [0.29, 0.717) is 12.1 Å². The molecule has 0 aliphatic rings. The molecule has 1 rings (SSSR count). The first-order valence-electron chi connectivity index (χ1n) is 5.34. The Hall–Kier alpha value is -0.520. The van der Waals surface area contributed by atoms with Gasteiger partial charge in [-0.15, -0.1) is 5.10 Å². The highest BCUT2D eigenvalue weighted by atomic mass is 32.1. The molecule has 0 aromatic carbocycles.